The zero-order valence-corrected chi connectivity index (χ0v) is 11.8. The van der Waals surface area contributed by atoms with Crippen molar-refractivity contribution in [3.05, 3.63) is 23.8 Å². The van der Waals surface area contributed by atoms with E-state index in [0.717, 1.165) is 37.8 Å². The van der Waals surface area contributed by atoms with Crippen LogP contribution in [0.15, 0.2) is 18.2 Å². The second-order valence-corrected chi connectivity index (χ2v) is 5.12. The smallest absolute Gasteiger partial charge is 0.161 e. The Balaban J connectivity index is 1.68. The molecule has 0 amide bonds. The summed E-state index contributed by atoms with van der Waals surface area (Å²) in [4.78, 5) is 0. The topological polar surface area (TPSA) is 39.7 Å². The third kappa shape index (κ3) is 4.73. The lowest BCUT2D eigenvalue weighted by Crippen LogP contribution is -2.20. The summed E-state index contributed by atoms with van der Waals surface area (Å²) in [6, 6.07) is 6.08. The first-order valence-corrected chi connectivity index (χ1v) is 6.92. The highest BCUT2D eigenvalue weighted by Crippen LogP contribution is 2.30. The van der Waals surface area contributed by atoms with Gasteiger partial charge < -0.3 is 19.5 Å². The quantitative estimate of drug-likeness (QED) is 0.767. The molecular weight excluding hydrogens is 242 g/mol. The third-order valence-corrected chi connectivity index (χ3v) is 2.81. The van der Waals surface area contributed by atoms with E-state index in [1.807, 2.05) is 12.1 Å². The van der Waals surface area contributed by atoms with Crippen LogP contribution in [0, 0.1) is 5.92 Å². The molecule has 1 aromatic carbocycles. The van der Waals surface area contributed by atoms with Gasteiger partial charge in [-0.05, 0) is 23.6 Å². The highest BCUT2D eigenvalue weighted by atomic mass is 16.6. The van der Waals surface area contributed by atoms with Crippen LogP contribution in [0.2, 0.25) is 0 Å². The van der Waals surface area contributed by atoms with Crippen molar-refractivity contribution < 1.29 is 14.2 Å². The molecule has 1 aliphatic rings. The standard InChI is InChI=1S/C15H23NO3/c1-12(2)11-17-6-5-16-10-13-3-4-14-15(9-13)19-8-7-18-14/h3-4,9,12,16H,5-8,10-11H2,1-2H3. The molecule has 106 valence electrons. The molecule has 0 saturated heterocycles. The molecule has 0 fully saturated rings. The van der Waals surface area contributed by atoms with Crippen LogP contribution in [0.4, 0.5) is 0 Å². The predicted octanol–water partition coefficient (Wildman–Crippen LogP) is 2.22. The van der Waals surface area contributed by atoms with E-state index in [2.05, 4.69) is 25.2 Å². The first kappa shape index (κ1) is 14.2. The van der Waals surface area contributed by atoms with Crippen LogP contribution >= 0.6 is 0 Å². The lowest BCUT2D eigenvalue weighted by atomic mass is 10.2. The minimum Gasteiger partial charge on any atom is -0.486 e. The Morgan fingerprint density at radius 1 is 1.21 bits per heavy atom. The Hall–Kier alpha value is -1.26. The van der Waals surface area contributed by atoms with Crippen LogP contribution in [0.3, 0.4) is 0 Å². The molecule has 0 bridgehead atoms. The van der Waals surface area contributed by atoms with Crippen LogP contribution in [0.1, 0.15) is 19.4 Å². The molecule has 0 saturated carbocycles. The largest absolute Gasteiger partial charge is 0.486 e. The average Bonchev–Trinajstić information content (AvgIpc) is 2.42. The van der Waals surface area contributed by atoms with Crippen molar-refractivity contribution in [2.24, 2.45) is 5.92 Å². The summed E-state index contributed by atoms with van der Waals surface area (Å²) in [7, 11) is 0. The van der Waals surface area contributed by atoms with Gasteiger partial charge in [0, 0.05) is 19.7 Å². The normalized spacial score (nSPS) is 13.8. The Morgan fingerprint density at radius 2 is 2.00 bits per heavy atom. The Bertz CT molecular complexity index is 393. The molecule has 4 nitrogen and oxygen atoms in total. The second-order valence-electron chi connectivity index (χ2n) is 5.12. The van der Waals surface area contributed by atoms with Crippen LogP contribution in [0.25, 0.3) is 0 Å². The number of ether oxygens (including phenoxy) is 3. The lowest BCUT2D eigenvalue weighted by molar-refractivity contribution is 0.111. The van der Waals surface area contributed by atoms with Gasteiger partial charge in [0.1, 0.15) is 13.2 Å². The highest BCUT2D eigenvalue weighted by molar-refractivity contribution is 5.43. The van der Waals surface area contributed by atoms with Crippen molar-refractivity contribution in [3.8, 4) is 11.5 Å². The van der Waals surface area contributed by atoms with Crippen molar-refractivity contribution in [1.82, 2.24) is 5.32 Å². The van der Waals surface area contributed by atoms with E-state index in [0.29, 0.717) is 19.1 Å². The van der Waals surface area contributed by atoms with Gasteiger partial charge >= 0.3 is 0 Å². The molecule has 1 N–H and O–H groups in total. The fourth-order valence-corrected chi connectivity index (χ4v) is 1.89. The maximum absolute atomic E-state index is 5.56. The van der Waals surface area contributed by atoms with Gasteiger partial charge in [-0.2, -0.15) is 0 Å². The number of nitrogens with one attached hydrogen (secondary N) is 1. The van der Waals surface area contributed by atoms with Gasteiger partial charge in [-0.3, -0.25) is 0 Å². The summed E-state index contributed by atoms with van der Waals surface area (Å²) >= 11 is 0. The first-order chi connectivity index (χ1) is 9.25. The van der Waals surface area contributed by atoms with Crippen molar-refractivity contribution in [3.63, 3.8) is 0 Å². The Morgan fingerprint density at radius 3 is 2.79 bits per heavy atom. The van der Waals surface area contributed by atoms with Crippen molar-refractivity contribution >= 4 is 0 Å². The maximum atomic E-state index is 5.56. The van der Waals surface area contributed by atoms with Crippen LogP contribution in [-0.2, 0) is 11.3 Å². The summed E-state index contributed by atoms with van der Waals surface area (Å²) in [6.45, 7) is 8.84. The van der Waals surface area contributed by atoms with Crippen molar-refractivity contribution in [1.29, 1.82) is 0 Å². The molecule has 2 rings (SSSR count). The molecule has 1 heterocycles. The van der Waals surface area contributed by atoms with E-state index < -0.39 is 0 Å². The summed E-state index contributed by atoms with van der Waals surface area (Å²) < 4.78 is 16.6. The fourth-order valence-electron chi connectivity index (χ4n) is 1.89. The average molecular weight is 265 g/mol. The van der Waals surface area contributed by atoms with Crippen LogP contribution < -0.4 is 14.8 Å². The van der Waals surface area contributed by atoms with Gasteiger partial charge in [0.15, 0.2) is 11.5 Å². The molecule has 0 radical (unpaired) electrons. The number of hydrogen-bond donors (Lipinski definition) is 1. The molecule has 0 aromatic heterocycles. The zero-order chi connectivity index (χ0) is 13.5. The summed E-state index contributed by atoms with van der Waals surface area (Å²) in [5, 5.41) is 3.36. The molecule has 1 aliphatic heterocycles. The van der Waals surface area contributed by atoms with Gasteiger partial charge in [0.2, 0.25) is 0 Å². The van der Waals surface area contributed by atoms with Gasteiger partial charge in [-0.1, -0.05) is 19.9 Å². The van der Waals surface area contributed by atoms with E-state index in [-0.39, 0.29) is 0 Å². The molecule has 0 aliphatic carbocycles. The molecule has 1 aromatic rings. The first-order valence-electron chi connectivity index (χ1n) is 6.92. The molecule has 0 atom stereocenters. The van der Waals surface area contributed by atoms with Crippen molar-refractivity contribution in [2.45, 2.75) is 20.4 Å². The molecular formula is C15H23NO3. The van der Waals surface area contributed by atoms with Crippen molar-refractivity contribution in [2.75, 3.05) is 33.0 Å². The minimum atomic E-state index is 0.595. The van der Waals surface area contributed by atoms with Gasteiger partial charge in [0.05, 0.1) is 6.61 Å². The number of hydrogen-bond acceptors (Lipinski definition) is 4. The van der Waals surface area contributed by atoms with Gasteiger partial charge in [-0.25, -0.2) is 0 Å². The Kier molecular flexibility index (Phi) is 5.48. The summed E-state index contributed by atoms with van der Waals surface area (Å²) in [5.41, 5.74) is 1.20. The molecule has 0 spiro atoms. The predicted molar refractivity (Wildman–Crippen MR) is 74.8 cm³/mol. The van der Waals surface area contributed by atoms with E-state index in [9.17, 15) is 0 Å². The fraction of sp³-hybridized carbons (Fsp3) is 0.600. The van der Waals surface area contributed by atoms with E-state index >= 15 is 0 Å². The molecule has 0 unspecified atom stereocenters. The summed E-state index contributed by atoms with van der Waals surface area (Å²) in [5.74, 6) is 2.29. The number of rotatable bonds is 7. The lowest BCUT2D eigenvalue weighted by Gasteiger charge is -2.19. The molecule has 19 heavy (non-hydrogen) atoms. The zero-order valence-electron chi connectivity index (χ0n) is 11.8. The molecule has 4 heteroatoms. The van der Waals surface area contributed by atoms with Gasteiger partial charge in [0.25, 0.3) is 0 Å². The van der Waals surface area contributed by atoms with Crippen LogP contribution in [0.5, 0.6) is 11.5 Å². The number of benzene rings is 1. The highest BCUT2D eigenvalue weighted by Gasteiger charge is 2.11. The van der Waals surface area contributed by atoms with Crippen LogP contribution in [-0.4, -0.2) is 33.0 Å². The van der Waals surface area contributed by atoms with E-state index in [1.165, 1.54) is 5.56 Å². The van der Waals surface area contributed by atoms with Gasteiger partial charge in [-0.15, -0.1) is 0 Å². The third-order valence-electron chi connectivity index (χ3n) is 2.81. The second kappa shape index (κ2) is 7.36. The number of fused-ring (bicyclic) bond motifs is 1. The van der Waals surface area contributed by atoms with E-state index in [4.69, 9.17) is 14.2 Å². The maximum Gasteiger partial charge on any atom is 0.161 e. The monoisotopic (exact) mass is 265 g/mol. The van der Waals surface area contributed by atoms with E-state index in [1.54, 1.807) is 0 Å². The summed E-state index contributed by atoms with van der Waals surface area (Å²) in [6.07, 6.45) is 0. The SMILES string of the molecule is CC(C)COCCNCc1ccc2c(c1)OCCO2. The minimum absolute atomic E-state index is 0.595. The Labute approximate surface area is 115 Å².